The largest absolute Gasteiger partial charge is 0.497 e. The van der Waals surface area contributed by atoms with Crippen molar-refractivity contribution in [3.8, 4) is 23.0 Å². The number of nitrogens with zero attached hydrogens (tertiary/aromatic N) is 3. The van der Waals surface area contributed by atoms with Gasteiger partial charge < -0.3 is 24.3 Å². The lowest BCUT2D eigenvalue weighted by Gasteiger charge is -2.28. The predicted octanol–water partition coefficient (Wildman–Crippen LogP) is 3.57. The molecule has 5 rings (SSSR count). The van der Waals surface area contributed by atoms with E-state index in [0.717, 1.165) is 60.2 Å². The number of rotatable bonds is 6. The Morgan fingerprint density at radius 3 is 2.75 bits per heavy atom. The first-order chi connectivity index (χ1) is 15.7. The molecule has 0 fully saturated rings. The summed E-state index contributed by atoms with van der Waals surface area (Å²) in [5.41, 5.74) is 4.24. The second kappa shape index (κ2) is 8.92. The zero-order chi connectivity index (χ0) is 21.9. The summed E-state index contributed by atoms with van der Waals surface area (Å²) in [5, 5.41) is 3.26. The normalized spacial score (nSPS) is 15.1. The minimum Gasteiger partial charge on any atom is -0.497 e. The molecule has 2 aliphatic heterocycles. The van der Waals surface area contributed by atoms with Gasteiger partial charge in [-0.1, -0.05) is 6.07 Å². The van der Waals surface area contributed by atoms with Gasteiger partial charge in [0.2, 0.25) is 5.95 Å². The summed E-state index contributed by atoms with van der Waals surface area (Å²) in [6.07, 6.45) is 2.79. The van der Waals surface area contributed by atoms with E-state index < -0.39 is 0 Å². The summed E-state index contributed by atoms with van der Waals surface area (Å²) in [6, 6.07) is 11.8. The van der Waals surface area contributed by atoms with Crippen LogP contribution in [0.5, 0.6) is 23.0 Å². The van der Waals surface area contributed by atoms with Gasteiger partial charge in [-0.25, -0.2) is 9.97 Å². The SMILES string of the molecule is COc1ccc(Nc2ncc3c(n2)CCN(Cc2ccc4c(c2)OCCO4)C3)c(OC)c1. The van der Waals surface area contributed by atoms with Crippen LogP contribution in [-0.4, -0.2) is 48.8 Å². The fourth-order valence-electron chi connectivity index (χ4n) is 4.04. The molecular weight excluding hydrogens is 408 g/mol. The van der Waals surface area contributed by atoms with Crippen molar-refractivity contribution >= 4 is 11.6 Å². The Balaban J connectivity index is 1.27. The third-order valence-corrected chi connectivity index (χ3v) is 5.68. The predicted molar refractivity (Wildman–Crippen MR) is 120 cm³/mol. The number of hydrogen-bond donors (Lipinski definition) is 1. The van der Waals surface area contributed by atoms with Gasteiger partial charge in [-0.2, -0.15) is 0 Å². The standard InChI is InChI=1S/C24H26N4O4/c1-29-18-4-5-20(22(12-18)30-2)27-24-25-13-17-15-28(8-7-19(17)26-24)14-16-3-6-21-23(11-16)32-10-9-31-21/h3-6,11-13H,7-10,14-15H2,1-2H3,(H,25,26,27). The van der Waals surface area contributed by atoms with Crippen LogP contribution in [0.25, 0.3) is 0 Å². The van der Waals surface area contributed by atoms with Crippen molar-refractivity contribution in [3.05, 3.63) is 59.4 Å². The number of ether oxygens (including phenoxy) is 4. The lowest BCUT2D eigenvalue weighted by atomic mass is 10.1. The molecule has 2 aromatic carbocycles. The topological polar surface area (TPSA) is 78.0 Å². The number of benzene rings is 2. The Morgan fingerprint density at radius 2 is 1.91 bits per heavy atom. The molecule has 0 saturated carbocycles. The molecule has 166 valence electrons. The maximum absolute atomic E-state index is 5.71. The van der Waals surface area contributed by atoms with Gasteiger partial charge in [0.15, 0.2) is 11.5 Å². The number of anilines is 2. The van der Waals surface area contributed by atoms with Gasteiger partial charge >= 0.3 is 0 Å². The van der Waals surface area contributed by atoms with Crippen molar-refractivity contribution in [1.29, 1.82) is 0 Å². The van der Waals surface area contributed by atoms with Crippen molar-refractivity contribution in [1.82, 2.24) is 14.9 Å². The van der Waals surface area contributed by atoms with Crippen molar-refractivity contribution in [3.63, 3.8) is 0 Å². The van der Waals surface area contributed by atoms with E-state index >= 15 is 0 Å². The first-order valence-corrected chi connectivity index (χ1v) is 10.7. The second-order valence-corrected chi connectivity index (χ2v) is 7.80. The molecule has 2 aliphatic rings. The van der Waals surface area contributed by atoms with Gasteiger partial charge in [-0.3, -0.25) is 4.90 Å². The third kappa shape index (κ3) is 4.27. The van der Waals surface area contributed by atoms with E-state index in [4.69, 9.17) is 23.9 Å². The Morgan fingerprint density at radius 1 is 1.03 bits per heavy atom. The molecule has 0 unspecified atom stereocenters. The summed E-state index contributed by atoms with van der Waals surface area (Å²) < 4.78 is 22.1. The quantitative estimate of drug-likeness (QED) is 0.631. The average Bonchev–Trinajstić information content (AvgIpc) is 2.84. The second-order valence-electron chi connectivity index (χ2n) is 7.80. The summed E-state index contributed by atoms with van der Waals surface area (Å²) in [4.78, 5) is 11.7. The van der Waals surface area contributed by atoms with Crippen molar-refractivity contribution < 1.29 is 18.9 Å². The van der Waals surface area contributed by atoms with Gasteiger partial charge in [-0.15, -0.1) is 0 Å². The van der Waals surface area contributed by atoms with Gasteiger partial charge in [0.05, 0.1) is 25.6 Å². The Labute approximate surface area is 187 Å². The van der Waals surface area contributed by atoms with Crippen LogP contribution >= 0.6 is 0 Å². The minimum absolute atomic E-state index is 0.563. The fraction of sp³-hybridized carbons (Fsp3) is 0.333. The highest BCUT2D eigenvalue weighted by atomic mass is 16.6. The molecule has 1 aromatic heterocycles. The monoisotopic (exact) mass is 434 g/mol. The summed E-state index contributed by atoms with van der Waals surface area (Å²) >= 11 is 0. The summed E-state index contributed by atoms with van der Waals surface area (Å²) in [6.45, 7) is 3.81. The minimum atomic E-state index is 0.563. The molecule has 0 radical (unpaired) electrons. The molecule has 0 amide bonds. The molecule has 1 N–H and O–H groups in total. The van der Waals surface area contributed by atoms with Crippen LogP contribution < -0.4 is 24.3 Å². The Hall–Kier alpha value is -3.52. The number of aromatic nitrogens is 2. The van der Waals surface area contributed by atoms with Crippen LogP contribution in [0, 0.1) is 0 Å². The molecule has 3 aromatic rings. The number of fused-ring (bicyclic) bond motifs is 2. The van der Waals surface area contributed by atoms with E-state index in [1.54, 1.807) is 14.2 Å². The van der Waals surface area contributed by atoms with E-state index in [0.29, 0.717) is 24.9 Å². The van der Waals surface area contributed by atoms with Crippen molar-refractivity contribution in [2.45, 2.75) is 19.5 Å². The molecule has 0 atom stereocenters. The molecule has 0 saturated heterocycles. The first kappa shape index (κ1) is 20.4. The Kier molecular flexibility index (Phi) is 5.68. The molecule has 3 heterocycles. The molecular formula is C24H26N4O4. The van der Waals surface area contributed by atoms with Gasteiger partial charge in [-0.05, 0) is 29.8 Å². The molecule has 0 bridgehead atoms. The highest BCUT2D eigenvalue weighted by Gasteiger charge is 2.20. The number of methoxy groups -OCH3 is 2. The van der Waals surface area contributed by atoms with Gasteiger partial charge in [0, 0.05) is 43.9 Å². The highest BCUT2D eigenvalue weighted by molar-refractivity contribution is 5.64. The van der Waals surface area contributed by atoms with E-state index in [2.05, 4.69) is 27.3 Å². The molecule has 8 nitrogen and oxygen atoms in total. The molecule has 8 heteroatoms. The van der Waals surface area contributed by atoms with Crippen LogP contribution in [0.4, 0.5) is 11.6 Å². The zero-order valence-corrected chi connectivity index (χ0v) is 18.3. The first-order valence-electron chi connectivity index (χ1n) is 10.7. The third-order valence-electron chi connectivity index (χ3n) is 5.68. The summed E-state index contributed by atoms with van der Waals surface area (Å²) in [7, 11) is 3.26. The van der Waals surface area contributed by atoms with E-state index in [-0.39, 0.29) is 0 Å². The van der Waals surface area contributed by atoms with Gasteiger partial charge in [0.25, 0.3) is 0 Å². The molecule has 32 heavy (non-hydrogen) atoms. The van der Waals surface area contributed by atoms with Crippen molar-refractivity contribution in [2.24, 2.45) is 0 Å². The van der Waals surface area contributed by atoms with Crippen LogP contribution in [0.2, 0.25) is 0 Å². The number of hydrogen-bond acceptors (Lipinski definition) is 8. The maximum Gasteiger partial charge on any atom is 0.227 e. The highest BCUT2D eigenvalue weighted by Crippen LogP contribution is 2.33. The van der Waals surface area contributed by atoms with Crippen LogP contribution in [-0.2, 0) is 19.5 Å². The smallest absolute Gasteiger partial charge is 0.227 e. The lowest BCUT2D eigenvalue weighted by Crippen LogP contribution is -2.31. The number of nitrogens with one attached hydrogen (secondary N) is 1. The Bertz CT molecular complexity index is 1120. The van der Waals surface area contributed by atoms with Crippen LogP contribution in [0.15, 0.2) is 42.6 Å². The fourth-order valence-corrected chi connectivity index (χ4v) is 4.04. The maximum atomic E-state index is 5.71. The lowest BCUT2D eigenvalue weighted by molar-refractivity contribution is 0.171. The zero-order valence-electron chi connectivity index (χ0n) is 18.3. The van der Waals surface area contributed by atoms with Crippen LogP contribution in [0.1, 0.15) is 16.8 Å². The average molecular weight is 434 g/mol. The van der Waals surface area contributed by atoms with Crippen LogP contribution in [0.3, 0.4) is 0 Å². The molecule has 0 spiro atoms. The van der Waals surface area contributed by atoms with Crippen molar-refractivity contribution in [2.75, 3.05) is 39.3 Å². The van der Waals surface area contributed by atoms with E-state index in [1.807, 2.05) is 30.5 Å². The summed E-state index contributed by atoms with van der Waals surface area (Å²) in [5.74, 6) is 3.63. The van der Waals surface area contributed by atoms with Gasteiger partial charge in [0.1, 0.15) is 24.7 Å². The van der Waals surface area contributed by atoms with E-state index in [1.165, 1.54) is 5.56 Å². The molecule has 0 aliphatic carbocycles. The van der Waals surface area contributed by atoms with E-state index in [9.17, 15) is 0 Å².